The number of halogens is 3. The van der Waals surface area contributed by atoms with E-state index < -0.39 is 11.7 Å². The molecule has 7 heteroatoms. The summed E-state index contributed by atoms with van der Waals surface area (Å²) in [4.78, 5) is 17.2. The first-order chi connectivity index (χ1) is 9.47. The second-order valence-corrected chi connectivity index (χ2v) is 4.61. The van der Waals surface area contributed by atoms with E-state index >= 15 is 0 Å². The van der Waals surface area contributed by atoms with Gasteiger partial charge in [-0.1, -0.05) is 0 Å². The highest BCUT2D eigenvalue weighted by Gasteiger charge is 2.30. The molecule has 1 fully saturated rings. The van der Waals surface area contributed by atoms with Crippen LogP contribution in [0.5, 0.6) is 0 Å². The normalized spacial score (nSPS) is 15.7. The summed E-state index contributed by atoms with van der Waals surface area (Å²) in [7, 11) is 0. The number of carbonyl (C=O) groups excluding carboxylic acids is 1. The van der Waals surface area contributed by atoms with Crippen LogP contribution in [0.15, 0.2) is 18.3 Å². The van der Waals surface area contributed by atoms with Crippen molar-refractivity contribution < 1.29 is 22.7 Å². The van der Waals surface area contributed by atoms with E-state index in [2.05, 4.69) is 4.98 Å². The predicted molar refractivity (Wildman–Crippen MR) is 64.7 cm³/mol. The lowest BCUT2D eigenvalue weighted by Crippen LogP contribution is -2.31. The SMILES string of the molecule is O=C(COCc1cc(C(F)(F)F)ccn1)N1CCCC1. The van der Waals surface area contributed by atoms with Gasteiger partial charge in [0.1, 0.15) is 6.61 Å². The van der Waals surface area contributed by atoms with Crippen molar-refractivity contribution in [2.75, 3.05) is 19.7 Å². The second-order valence-electron chi connectivity index (χ2n) is 4.61. The first-order valence-electron chi connectivity index (χ1n) is 6.34. The molecule has 1 amide bonds. The Morgan fingerprint density at radius 3 is 2.70 bits per heavy atom. The number of hydrogen-bond donors (Lipinski definition) is 0. The van der Waals surface area contributed by atoms with E-state index in [4.69, 9.17) is 4.74 Å². The standard InChI is InChI=1S/C13H15F3N2O2/c14-13(15,16)10-3-4-17-11(7-10)8-20-9-12(19)18-5-1-2-6-18/h3-4,7H,1-2,5-6,8-9H2. The summed E-state index contributed by atoms with van der Waals surface area (Å²) < 4.78 is 42.6. The highest BCUT2D eigenvalue weighted by atomic mass is 19.4. The second kappa shape index (κ2) is 6.21. The number of ether oxygens (including phenoxy) is 1. The van der Waals surface area contributed by atoms with Crippen LogP contribution in [-0.2, 0) is 22.3 Å². The van der Waals surface area contributed by atoms with Gasteiger partial charge in [0.05, 0.1) is 17.9 Å². The highest BCUT2D eigenvalue weighted by molar-refractivity contribution is 5.77. The maximum absolute atomic E-state index is 12.5. The van der Waals surface area contributed by atoms with E-state index in [0.717, 1.165) is 44.3 Å². The molecule has 4 nitrogen and oxygen atoms in total. The van der Waals surface area contributed by atoms with Crippen molar-refractivity contribution in [2.24, 2.45) is 0 Å². The lowest BCUT2D eigenvalue weighted by atomic mass is 10.2. The van der Waals surface area contributed by atoms with Crippen molar-refractivity contribution in [1.29, 1.82) is 0 Å². The van der Waals surface area contributed by atoms with Gasteiger partial charge >= 0.3 is 6.18 Å². The zero-order chi connectivity index (χ0) is 14.6. The molecule has 0 aliphatic carbocycles. The molecule has 20 heavy (non-hydrogen) atoms. The Morgan fingerprint density at radius 1 is 1.35 bits per heavy atom. The number of amides is 1. The molecule has 110 valence electrons. The molecule has 0 bridgehead atoms. The number of hydrogen-bond acceptors (Lipinski definition) is 3. The molecule has 0 radical (unpaired) electrons. The molecule has 1 aromatic rings. The smallest absolute Gasteiger partial charge is 0.365 e. The molecular formula is C13H15F3N2O2. The minimum Gasteiger partial charge on any atom is -0.365 e. The summed E-state index contributed by atoms with van der Waals surface area (Å²) in [6.45, 7) is 1.22. The molecule has 0 aromatic carbocycles. The Kier molecular flexibility index (Phi) is 4.59. The van der Waals surface area contributed by atoms with Gasteiger partial charge in [-0.25, -0.2) is 0 Å². The fraction of sp³-hybridized carbons (Fsp3) is 0.538. The molecule has 0 spiro atoms. The third-order valence-corrected chi connectivity index (χ3v) is 3.08. The van der Waals surface area contributed by atoms with Crippen LogP contribution >= 0.6 is 0 Å². The number of aromatic nitrogens is 1. The summed E-state index contributed by atoms with van der Waals surface area (Å²) >= 11 is 0. The Labute approximate surface area is 114 Å². The minimum absolute atomic E-state index is 0.108. The van der Waals surface area contributed by atoms with Crippen LogP contribution in [0, 0.1) is 0 Å². The maximum atomic E-state index is 12.5. The van der Waals surface area contributed by atoms with E-state index in [1.54, 1.807) is 4.90 Å². The van der Waals surface area contributed by atoms with Gasteiger partial charge in [-0.3, -0.25) is 9.78 Å². The molecule has 1 saturated heterocycles. The molecule has 0 atom stereocenters. The number of pyridine rings is 1. The third kappa shape index (κ3) is 3.93. The average molecular weight is 288 g/mol. The van der Waals surface area contributed by atoms with Gasteiger partial charge in [0.25, 0.3) is 0 Å². The fourth-order valence-corrected chi connectivity index (χ4v) is 2.03. The van der Waals surface area contributed by atoms with Crippen molar-refractivity contribution in [3.63, 3.8) is 0 Å². The van der Waals surface area contributed by atoms with E-state index in [9.17, 15) is 18.0 Å². The number of nitrogens with zero attached hydrogens (tertiary/aromatic N) is 2. The van der Waals surface area contributed by atoms with Gasteiger partial charge in [0.15, 0.2) is 0 Å². The molecule has 1 aromatic heterocycles. The van der Waals surface area contributed by atoms with Gasteiger partial charge in [0, 0.05) is 19.3 Å². The van der Waals surface area contributed by atoms with Crippen molar-refractivity contribution >= 4 is 5.91 Å². The van der Waals surface area contributed by atoms with Crippen molar-refractivity contribution in [1.82, 2.24) is 9.88 Å². The van der Waals surface area contributed by atoms with Crippen LogP contribution in [0.25, 0.3) is 0 Å². The molecule has 0 N–H and O–H groups in total. The number of alkyl halides is 3. The molecule has 2 heterocycles. The van der Waals surface area contributed by atoms with Crippen LogP contribution < -0.4 is 0 Å². The summed E-state index contributed by atoms with van der Waals surface area (Å²) in [6, 6.07) is 1.83. The van der Waals surface area contributed by atoms with Crippen LogP contribution in [0.2, 0.25) is 0 Å². The first kappa shape index (κ1) is 14.8. The van der Waals surface area contributed by atoms with E-state index in [1.807, 2.05) is 0 Å². The molecule has 2 rings (SSSR count). The molecule has 1 aliphatic rings. The molecule has 0 saturated carbocycles. The van der Waals surface area contributed by atoms with Crippen molar-refractivity contribution in [3.05, 3.63) is 29.6 Å². The maximum Gasteiger partial charge on any atom is 0.416 e. The number of rotatable bonds is 4. The van der Waals surface area contributed by atoms with E-state index in [0.29, 0.717) is 0 Å². The topological polar surface area (TPSA) is 42.4 Å². The molecule has 1 aliphatic heterocycles. The van der Waals surface area contributed by atoms with Crippen molar-refractivity contribution in [3.8, 4) is 0 Å². The van der Waals surface area contributed by atoms with E-state index in [1.165, 1.54) is 0 Å². The number of likely N-dealkylation sites (tertiary alicyclic amines) is 1. The van der Waals surface area contributed by atoms with Crippen LogP contribution in [0.4, 0.5) is 13.2 Å². The zero-order valence-corrected chi connectivity index (χ0v) is 10.8. The quantitative estimate of drug-likeness (QED) is 0.853. The first-order valence-corrected chi connectivity index (χ1v) is 6.34. The highest BCUT2D eigenvalue weighted by Crippen LogP contribution is 2.29. The summed E-state index contributed by atoms with van der Waals surface area (Å²) in [5, 5.41) is 0. The van der Waals surface area contributed by atoms with Crippen LogP contribution in [0.3, 0.4) is 0 Å². The largest absolute Gasteiger partial charge is 0.416 e. The lowest BCUT2D eigenvalue weighted by molar-refractivity contribution is -0.138. The van der Waals surface area contributed by atoms with Gasteiger partial charge < -0.3 is 9.64 Å². The summed E-state index contributed by atoms with van der Waals surface area (Å²) in [5.74, 6) is -0.130. The zero-order valence-electron chi connectivity index (χ0n) is 10.8. The van der Waals surface area contributed by atoms with E-state index in [-0.39, 0.29) is 24.8 Å². The summed E-state index contributed by atoms with van der Waals surface area (Å²) in [5.41, 5.74) is -0.606. The van der Waals surface area contributed by atoms with Gasteiger partial charge in [-0.2, -0.15) is 13.2 Å². The lowest BCUT2D eigenvalue weighted by Gasteiger charge is -2.15. The Balaban J connectivity index is 1.83. The number of carbonyl (C=O) groups is 1. The third-order valence-electron chi connectivity index (χ3n) is 3.08. The summed E-state index contributed by atoms with van der Waals surface area (Å²) in [6.07, 6.45) is -1.34. The van der Waals surface area contributed by atoms with Gasteiger partial charge in [0.2, 0.25) is 5.91 Å². The molecule has 0 unspecified atom stereocenters. The van der Waals surface area contributed by atoms with Crippen molar-refractivity contribution in [2.45, 2.75) is 25.6 Å². The fourth-order valence-electron chi connectivity index (χ4n) is 2.03. The Bertz CT molecular complexity index is 471. The molecular weight excluding hydrogens is 273 g/mol. The van der Waals surface area contributed by atoms with Gasteiger partial charge in [-0.05, 0) is 25.0 Å². The average Bonchev–Trinajstić information content (AvgIpc) is 2.92. The Hall–Kier alpha value is -1.63. The van der Waals surface area contributed by atoms with Gasteiger partial charge in [-0.15, -0.1) is 0 Å². The monoisotopic (exact) mass is 288 g/mol. The minimum atomic E-state index is -4.40. The Morgan fingerprint density at radius 2 is 2.05 bits per heavy atom. The van der Waals surface area contributed by atoms with Crippen LogP contribution in [0.1, 0.15) is 24.1 Å². The van der Waals surface area contributed by atoms with Crippen LogP contribution in [-0.4, -0.2) is 35.5 Å². The predicted octanol–water partition coefficient (Wildman–Crippen LogP) is 2.24.